The van der Waals surface area contributed by atoms with E-state index in [0.29, 0.717) is 54.5 Å². The van der Waals surface area contributed by atoms with E-state index in [1.165, 1.54) is 16.0 Å². The van der Waals surface area contributed by atoms with Crippen molar-refractivity contribution in [1.29, 1.82) is 0 Å². The number of ether oxygens (including phenoxy) is 1. The second kappa shape index (κ2) is 19.3. The van der Waals surface area contributed by atoms with Crippen LogP contribution in [0.5, 0.6) is 0 Å². The molecule has 0 spiro atoms. The molecule has 1 aromatic carbocycles. The first-order chi connectivity index (χ1) is 30.5. The topological polar surface area (TPSA) is 184 Å². The number of likely N-dealkylation sites (tertiary alicyclic amines) is 1. The van der Waals surface area contributed by atoms with Crippen molar-refractivity contribution in [2.45, 2.75) is 105 Å². The van der Waals surface area contributed by atoms with Gasteiger partial charge in [-0.05, 0) is 92.5 Å². The second-order valence-corrected chi connectivity index (χ2v) is 19.0. The first-order valence-corrected chi connectivity index (χ1v) is 22.9. The van der Waals surface area contributed by atoms with Crippen LogP contribution < -0.4 is 10.7 Å². The van der Waals surface area contributed by atoms with Gasteiger partial charge in [-0.25, -0.2) is 9.82 Å². The molecule has 0 aliphatic carbocycles. The molecule has 18 heteroatoms. The van der Waals surface area contributed by atoms with Crippen molar-refractivity contribution in [1.82, 2.24) is 44.5 Å². The molecule has 6 bridgehead atoms. The predicted octanol–water partition coefficient (Wildman–Crippen LogP) is 5.24. The van der Waals surface area contributed by atoms with Crippen molar-refractivity contribution in [2.24, 2.45) is 17.3 Å². The zero-order chi connectivity index (χ0) is 46.0. The Morgan fingerprint density at radius 3 is 2.69 bits per heavy atom. The molecule has 6 heterocycles. The largest absolute Gasteiger partial charge is 0.375 e. The van der Waals surface area contributed by atoms with Gasteiger partial charge < -0.3 is 24.4 Å². The molecule has 4 amide bonds. The van der Waals surface area contributed by atoms with E-state index in [1.54, 1.807) is 25.3 Å². The van der Waals surface area contributed by atoms with Crippen molar-refractivity contribution in [3.8, 4) is 22.6 Å². The molecule has 0 unspecified atom stereocenters. The summed E-state index contributed by atoms with van der Waals surface area (Å²) < 4.78 is 12.9. The number of hydrogen-bond donors (Lipinski definition) is 2. The smallest absolute Gasteiger partial charge is 0.326 e. The van der Waals surface area contributed by atoms with Gasteiger partial charge in [0.2, 0.25) is 22.6 Å². The summed E-state index contributed by atoms with van der Waals surface area (Å²) in [6.07, 6.45) is 3.80. The van der Waals surface area contributed by atoms with E-state index in [2.05, 4.69) is 60.9 Å². The predicted molar refractivity (Wildman–Crippen MR) is 242 cm³/mol. The van der Waals surface area contributed by atoms with Crippen LogP contribution in [-0.2, 0) is 48.1 Å². The lowest BCUT2D eigenvalue weighted by atomic mass is 9.84. The molecule has 0 radical (unpaired) electrons. The van der Waals surface area contributed by atoms with Crippen LogP contribution in [-0.4, -0.2) is 121 Å². The van der Waals surface area contributed by atoms with E-state index >= 15 is 0 Å². The maximum Gasteiger partial charge on any atom is 0.326 e. The summed E-state index contributed by atoms with van der Waals surface area (Å²) in [7, 11) is 3.26. The third kappa shape index (κ3) is 9.45. The first kappa shape index (κ1) is 46.4. The minimum absolute atomic E-state index is 0.00587. The number of rotatable bonds is 10. The normalized spacial score (nSPS) is 21.3. The highest BCUT2D eigenvalue weighted by atomic mass is 32.1. The number of aryl methyl sites for hydroxylation is 1. The molecule has 0 saturated carbocycles. The lowest BCUT2D eigenvalue weighted by molar-refractivity contribution is -0.835. The Morgan fingerprint density at radius 1 is 1.19 bits per heavy atom. The van der Waals surface area contributed by atoms with Gasteiger partial charge in [-0.3, -0.25) is 29.2 Å². The van der Waals surface area contributed by atoms with E-state index in [9.17, 15) is 24.1 Å². The lowest BCUT2D eigenvalue weighted by Gasteiger charge is -2.35. The number of carbonyl (C=O) groups is 4. The first-order valence-electron chi connectivity index (χ1n) is 22.2. The summed E-state index contributed by atoms with van der Waals surface area (Å²) in [4.78, 5) is 88.1. The molecule has 17 nitrogen and oxygen atoms in total. The van der Waals surface area contributed by atoms with Crippen molar-refractivity contribution >= 4 is 46.1 Å². The Hall–Kier alpha value is -5.59. The molecule has 7 rings (SSSR count). The summed E-state index contributed by atoms with van der Waals surface area (Å²) in [6, 6.07) is 8.12. The number of methoxy groups -OCH3 is 1. The number of hydrogen-bond acceptors (Lipinski definition) is 12. The highest BCUT2D eigenvalue weighted by molar-refractivity contribution is 7.05. The number of amides is 4. The number of nitrogens with one attached hydrogen (secondary N) is 2. The molecule has 2 N–H and O–H groups in total. The number of carbonyl (C=O) groups excluding carboxylic acids is 4. The molecule has 4 aromatic rings. The number of aromatic nitrogens is 4. The maximum absolute atomic E-state index is 14.6. The Bertz CT molecular complexity index is 2430. The standard InChI is InChI=1S/C46H60N10O7S/c1-10-38(57)53-21-18-30(25-53)44(59)52(8)40(27(3)4)43(58)48-34-23-37-49-42(51-64-37)29-16-17-35-32(22-29)33(41(54(35)11-2)31-14-12-19-47-39(31)28(5)62-9)24-46(6,7)26-63-56(61)36-15-13-20-55(50-36)45(34)60/h10,12,14,16-17,19,22,27-28,30,34,36,40,50H,1,11,13,15,18,20-21,23-26H2,2-9H3/p+1/t28-,30-,34-,36+,40-/m0/s1. The molecule has 5 atom stereocenters. The molecular formula is C46H61N10O7S+. The van der Waals surface area contributed by atoms with Crippen LogP contribution in [0.25, 0.3) is 33.5 Å². The third-order valence-corrected chi connectivity index (χ3v) is 13.4. The average molecular weight is 898 g/mol. The maximum atomic E-state index is 14.6. The van der Waals surface area contributed by atoms with Gasteiger partial charge in [-0.1, -0.05) is 34.3 Å². The van der Waals surface area contributed by atoms with E-state index in [1.807, 2.05) is 32.9 Å². The summed E-state index contributed by atoms with van der Waals surface area (Å²) in [5, 5.41) is 5.87. The number of fused-ring (bicyclic) bond motifs is 6. The third-order valence-electron chi connectivity index (χ3n) is 12.6. The van der Waals surface area contributed by atoms with Crippen molar-refractivity contribution in [2.75, 3.05) is 40.4 Å². The van der Waals surface area contributed by atoms with Crippen LogP contribution >= 0.6 is 11.5 Å². The van der Waals surface area contributed by atoms with Gasteiger partial charge in [0.05, 0.1) is 28.3 Å². The highest BCUT2D eigenvalue weighted by Crippen LogP contribution is 2.42. The number of benzene rings is 1. The number of hydrazine groups is 1. The van der Waals surface area contributed by atoms with Crippen LogP contribution in [0.3, 0.4) is 0 Å². The van der Waals surface area contributed by atoms with Gasteiger partial charge >= 0.3 is 6.17 Å². The Morgan fingerprint density at radius 2 is 1.97 bits per heavy atom. The van der Waals surface area contributed by atoms with Crippen molar-refractivity contribution in [3.63, 3.8) is 0 Å². The lowest BCUT2D eigenvalue weighted by Crippen LogP contribution is -2.62. The molecular weight excluding hydrogens is 837 g/mol. The van der Waals surface area contributed by atoms with Gasteiger partial charge in [-0.2, -0.15) is 9.80 Å². The SMILES string of the molecule is C=CC(=O)N1CC[C@H](C(=O)N(C)[C@H](C(=O)N[C@H]2Cc3nc(ns3)-c3ccc4c(c3)c(c(-c3cccnc3[C@H](C)OC)n4CC)CC(C)(C)CO[N+](=O)[C@@H]3CCCN(N3)C2=O)C(C)C)C1. The van der Waals surface area contributed by atoms with Crippen LogP contribution in [0.2, 0.25) is 0 Å². The fourth-order valence-electron chi connectivity index (χ4n) is 9.28. The van der Waals surface area contributed by atoms with Crippen molar-refractivity contribution in [3.05, 3.63) is 70.4 Å². The average Bonchev–Trinajstić information content (AvgIpc) is 4.05. The van der Waals surface area contributed by atoms with Gasteiger partial charge in [0, 0.05) is 86.8 Å². The Kier molecular flexibility index (Phi) is 14.0. The van der Waals surface area contributed by atoms with E-state index in [0.717, 1.165) is 50.5 Å². The second-order valence-electron chi connectivity index (χ2n) is 18.2. The highest BCUT2D eigenvalue weighted by Gasteiger charge is 2.42. The molecule has 3 aliphatic heterocycles. The zero-order valence-electron chi connectivity index (χ0n) is 38.1. The molecule has 64 heavy (non-hydrogen) atoms. The van der Waals surface area contributed by atoms with Gasteiger partial charge in [0.25, 0.3) is 5.91 Å². The summed E-state index contributed by atoms with van der Waals surface area (Å²) >= 11 is 1.15. The van der Waals surface area contributed by atoms with Gasteiger partial charge in [0.15, 0.2) is 12.4 Å². The Labute approximate surface area is 378 Å². The van der Waals surface area contributed by atoms with Crippen LogP contribution in [0.4, 0.5) is 0 Å². The number of nitrogens with zero attached hydrogens (tertiary/aromatic N) is 8. The molecule has 2 fully saturated rings. The Balaban J connectivity index is 1.27. The summed E-state index contributed by atoms with van der Waals surface area (Å²) in [5.41, 5.74) is 8.17. The molecule has 342 valence electrons. The van der Waals surface area contributed by atoms with E-state index in [-0.39, 0.29) is 50.0 Å². The molecule has 3 aliphatic rings. The number of pyridine rings is 1. The summed E-state index contributed by atoms with van der Waals surface area (Å²) in [5.74, 6) is -1.80. The summed E-state index contributed by atoms with van der Waals surface area (Å²) in [6.45, 7) is 17.2. The van der Waals surface area contributed by atoms with Crippen LogP contribution in [0.1, 0.15) is 83.2 Å². The van der Waals surface area contributed by atoms with Crippen LogP contribution in [0.15, 0.2) is 49.2 Å². The quantitative estimate of drug-likeness (QED) is 0.199. The minimum Gasteiger partial charge on any atom is -0.375 e. The number of likely N-dealkylation sites (N-methyl/N-ethyl adjacent to an activating group) is 1. The van der Waals surface area contributed by atoms with E-state index < -0.39 is 41.4 Å². The van der Waals surface area contributed by atoms with Gasteiger partial charge in [0.1, 0.15) is 17.1 Å². The minimum atomic E-state index is -1.13. The zero-order valence-corrected chi connectivity index (χ0v) is 38.9. The van der Waals surface area contributed by atoms with Crippen molar-refractivity contribution < 1.29 is 33.7 Å². The van der Waals surface area contributed by atoms with E-state index in [4.69, 9.17) is 23.9 Å². The molecule has 3 aromatic heterocycles. The monoisotopic (exact) mass is 897 g/mol. The molecule has 2 saturated heterocycles. The van der Waals surface area contributed by atoms with Gasteiger partial charge in [-0.15, -0.1) is 0 Å². The fraction of sp³-hybridized carbons (Fsp3) is 0.543. The van der Waals surface area contributed by atoms with Crippen LogP contribution in [0, 0.1) is 22.2 Å². The fourth-order valence-corrected chi connectivity index (χ4v) is 9.99.